The zero-order chi connectivity index (χ0) is 12.8. The van der Waals surface area contributed by atoms with Gasteiger partial charge in [-0.2, -0.15) is 0 Å². The summed E-state index contributed by atoms with van der Waals surface area (Å²) in [4.78, 5) is 10.4. The number of unbranched alkanes of at least 4 members (excludes halogenated alkanes) is 1. The van der Waals surface area contributed by atoms with Crippen LogP contribution in [0.15, 0.2) is 24.3 Å². The van der Waals surface area contributed by atoms with Gasteiger partial charge >= 0.3 is 5.97 Å². The molecule has 0 spiro atoms. The van der Waals surface area contributed by atoms with Crippen molar-refractivity contribution in [2.45, 2.75) is 40.0 Å². The van der Waals surface area contributed by atoms with Crippen LogP contribution in [0.4, 0.5) is 0 Å². The predicted octanol–water partition coefficient (Wildman–Crippen LogP) is 3.96. The van der Waals surface area contributed by atoms with Gasteiger partial charge in [-0.3, -0.25) is 4.79 Å². The molecule has 0 radical (unpaired) electrons. The Hall–Kier alpha value is -1.57. The number of hydrogen-bond acceptors (Lipinski definition) is 1. The van der Waals surface area contributed by atoms with Crippen molar-refractivity contribution in [3.05, 3.63) is 41.0 Å². The Morgan fingerprint density at radius 1 is 1.35 bits per heavy atom. The van der Waals surface area contributed by atoms with Crippen LogP contribution >= 0.6 is 0 Å². The van der Waals surface area contributed by atoms with Gasteiger partial charge in [-0.05, 0) is 50.3 Å². The Kier molecular flexibility index (Phi) is 4.95. The smallest absolute Gasteiger partial charge is 0.303 e. The summed E-state index contributed by atoms with van der Waals surface area (Å²) in [6, 6.07) is 6.41. The number of carbonyl (C=O) groups is 1. The Bertz CT molecular complexity index is 431. The molecule has 1 aromatic carbocycles. The van der Waals surface area contributed by atoms with E-state index in [9.17, 15) is 4.79 Å². The van der Waals surface area contributed by atoms with Crippen LogP contribution in [0.1, 0.15) is 42.9 Å². The lowest BCUT2D eigenvalue weighted by molar-refractivity contribution is -0.137. The third-order valence-corrected chi connectivity index (χ3v) is 2.86. The normalized spacial score (nSPS) is 11.6. The van der Waals surface area contributed by atoms with Crippen LogP contribution in [0.25, 0.3) is 5.57 Å². The Morgan fingerprint density at radius 3 is 2.71 bits per heavy atom. The Balaban J connectivity index is 2.68. The Morgan fingerprint density at radius 2 is 2.06 bits per heavy atom. The molecule has 0 heterocycles. The summed E-state index contributed by atoms with van der Waals surface area (Å²) in [5, 5.41) is 8.56. The molecular formula is C15H20O2. The lowest BCUT2D eigenvalue weighted by Gasteiger charge is -2.07. The minimum absolute atomic E-state index is 0.247. The van der Waals surface area contributed by atoms with Crippen molar-refractivity contribution < 1.29 is 9.90 Å². The van der Waals surface area contributed by atoms with Crippen molar-refractivity contribution in [3.8, 4) is 0 Å². The highest BCUT2D eigenvalue weighted by Crippen LogP contribution is 2.20. The standard InChI is InChI=1S/C15H20O2/c1-11-8-9-13(3)14(10-11)12(2)6-4-5-7-15(16)17/h6,8-10H,4-5,7H2,1-3H3,(H,16,17)/b12-6+. The van der Waals surface area contributed by atoms with Gasteiger partial charge in [0.15, 0.2) is 0 Å². The fourth-order valence-electron chi connectivity index (χ4n) is 1.84. The van der Waals surface area contributed by atoms with Crippen molar-refractivity contribution in [2.24, 2.45) is 0 Å². The molecule has 0 aromatic heterocycles. The van der Waals surface area contributed by atoms with E-state index >= 15 is 0 Å². The first-order chi connectivity index (χ1) is 8.00. The first-order valence-electron chi connectivity index (χ1n) is 5.97. The van der Waals surface area contributed by atoms with Gasteiger partial charge in [0.1, 0.15) is 0 Å². The third-order valence-electron chi connectivity index (χ3n) is 2.86. The van der Waals surface area contributed by atoms with Gasteiger partial charge < -0.3 is 5.11 Å². The summed E-state index contributed by atoms with van der Waals surface area (Å²) in [5.41, 5.74) is 5.02. The van der Waals surface area contributed by atoms with E-state index in [-0.39, 0.29) is 6.42 Å². The molecule has 0 amide bonds. The van der Waals surface area contributed by atoms with E-state index in [2.05, 4.69) is 45.0 Å². The monoisotopic (exact) mass is 232 g/mol. The minimum atomic E-state index is -0.720. The molecule has 0 aliphatic heterocycles. The van der Waals surface area contributed by atoms with Crippen LogP contribution in [0, 0.1) is 13.8 Å². The molecule has 2 nitrogen and oxygen atoms in total. The number of carboxylic acids is 1. The fourth-order valence-corrected chi connectivity index (χ4v) is 1.84. The molecule has 1 rings (SSSR count). The fraction of sp³-hybridized carbons (Fsp3) is 0.400. The average molecular weight is 232 g/mol. The highest BCUT2D eigenvalue weighted by molar-refractivity contribution is 5.68. The number of allylic oxidation sites excluding steroid dienone is 2. The van der Waals surface area contributed by atoms with Gasteiger partial charge in [0.2, 0.25) is 0 Å². The van der Waals surface area contributed by atoms with Crippen molar-refractivity contribution in [3.63, 3.8) is 0 Å². The summed E-state index contributed by atoms with van der Waals surface area (Å²) in [5.74, 6) is -0.720. The number of hydrogen-bond donors (Lipinski definition) is 1. The van der Waals surface area contributed by atoms with Crippen molar-refractivity contribution in [1.29, 1.82) is 0 Å². The summed E-state index contributed by atoms with van der Waals surface area (Å²) in [6.07, 6.45) is 3.91. The average Bonchev–Trinajstić information content (AvgIpc) is 2.27. The van der Waals surface area contributed by atoms with Gasteiger partial charge in [-0.25, -0.2) is 0 Å². The predicted molar refractivity (Wildman–Crippen MR) is 71.1 cm³/mol. The van der Waals surface area contributed by atoms with Crippen LogP contribution in [-0.2, 0) is 4.79 Å². The third kappa shape index (κ3) is 4.43. The molecule has 92 valence electrons. The first kappa shape index (κ1) is 13.5. The van der Waals surface area contributed by atoms with E-state index in [1.165, 1.54) is 22.3 Å². The van der Waals surface area contributed by atoms with Crippen molar-refractivity contribution in [2.75, 3.05) is 0 Å². The molecule has 17 heavy (non-hydrogen) atoms. The van der Waals surface area contributed by atoms with Gasteiger partial charge in [-0.15, -0.1) is 0 Å². The van der Waals surface area contributed by atoms with E-state index in [1.807, 2.05) is 0 Å². The van der Waals surface area contributed by atoms with Crippen LogP contribution in [-0.4, -0.2) is 11.1 Å². The number of aliphatic carboxylic acids is 1. The highest BCUT2D eigenvalue weighted by atomic mass is 16.4. The van der Waals surface area contributed by atoms with Gasteiger partial charge in [0, 0.05) is 6.42 Å². The number of aryl methyl sites for hydroxylation is 2. The first-order valence-corrected chi connectivity index (χ1v) is 5.97. The molecule has 2 heteroatoms. The van der Waals surface area contributed by atoms with E-state index in [0.717, 1.165) is 6.42 Å². The number of benzene rings is 1. The summed E-state index contributed by atoms with van der Waals surface area (Å²) < 4.78 is 0. The molecule has 0 saturated heterocycles. The maximum atomic E-state index is 10.4. The molecule has 0 aliphatic carbocycles. The van der Waals surface area contributed by atoms with Crippen LogP contribution < -0.4 is 0 Å². The zero-order valence-corrected chi connectivity index (χ0v) is 10.8. The van der Waals surface area contributed by atoms with E-state index in [0.29, 0.717) is 6.42 Å². The van der Waals surface area contributed by atoms with Crippen LogP contribution in [0.5, 0.6) is 0 Å². The van der Waals surface area contributed by atoms with E-state index in [4.69, 9.17) is 5.11 Å². The maximum Gasteiger partial charge on any atom is 0.303 e. The maximum absolute atomic E-state index is 10.4. The van der Waals surface area contributed by atoms with Crippen molar-refractivity contribution in [1.82, 2.24) is 0 Å². The largest absolute Gasteiger partial charge is 0.481 e. The van der Waals surface area contributed by atoms with Gasteiger partial charge in [-0.1, -0.05) is 29.8 Å². The molecule has 0 fully saturated rings. The topological polar surface area (TPSA) is 37.3 Å². The lowest BCUT2D eigenvalue weighted by Crippen LogP contribution is -1.93. The number of rotatable bonds is 5. The SMILES string of the molecule is C/C(=C\CCCC(=O)O)c1cc(C)ccc1C. The van der Waals surface area contributed by atoms with Crippen molar-refractivity contribution >= 4 is 11.5 Å². The second-order valence-corrected chi connectivity index (χ2v) is 4.49. The highest BCUT2D eigenvalue weighted by Gasteiger charge is 2.01. The lowest BCUT2D eigenvalue weighted by atomic mass is 9.98. The molecular weight excluding hydrogens is 212 g/mol. The minimum Gasteiger partial charge on any atom is -0.481 e. The molecule has 0 unspecified atom stereocenters. The molecule has 0 bridgehead atoms. The second kappa shape index (κ2) is 6.24. The van der Waals surface area contributed by atoms with Crippen LogP contribution in [0.2, 0.25) is 0 Å². The molecule has 1 aromatic rings. The number of carboxylic acid groups (broad SMARTS) is 1. The second-order valence-electron chi connectivity index (χ2n) is 4.49. The molecule has 0 atom stereocenters. The molecule has 0 saturated carbocycles. The van der Waals surface area contributed by atoms with E-state index < -0.39 is 5.97 Å². The molecule has 0 aliphatic rings. The molecule has 1 N–H and O–H groups in total. The Labute approximate surface area is 103 Å². The van der Waals surface area contributed by atoms with E-state index in [1.54, 1.807) is 0 Å². The zero-order valence-electron chi connectivity index (χ0n) is 10.8. The van der Waals surface area contributed by atoms with Crippen LogP contribution in [0.3, 0.4) is 0 Å². The quantitative estimate of drug-likeness (QED) is 0.780. The summed E-state index contributed by atoms with van der Waals surface area (Å²) in [6.45, 7) is 6.27. The van der Waals surface area contributed by atoms with Gasteiger partial charge in [0.25, 0.3) is 0 Å². The summed E-state index contributed by atoms with van der Waals surface area (Å²) >= 11 is 0. The summed E-state index contributed by atoms with van der Waals surface area (Å²) in [7, 11) is 0. The van der Waals surface area contributed by atoms with Gasteiger partial charge in [0.05, 0.1) is 0 Å².